The molecular formula is C17H34N4O3. The van der Waals surface area contributed by atoms with Gasteiger partial charge in [0.15, 0.2) is 5.96 Å². The Morgan fingerprint density at radius 3 is 2.71 bits per heavy atom. The van der Waals surface area contributed by atoms with Gasteiger partial charge in [-0.25, -0.2) is 4.79 Å². The molecule has 7 nitrogen and oxygen atoms in total. The Bertz CT molecular complexity index is 421. The number of likely N-dealkylation sites (tertiary alicyclic amines) is 1. The molecule has 1 fully saturated rings. The minimum Gasteiger partial charge on any atom is -0.444 e. The van der Waals surface area contributed by atoms with Crippen LogP contribution in [0.1, 0.15) is 40.5 Å². The number of amides is 1. The molecule has 24 heavy (non-hydrogen) atoms. The number of aliphatic imine (C=N–C) groups is 1. The maximum absolute atomic E-state index is 12.2. The van der Waals surface area contributed by atoms with Crippen molar-refractivity contribution in [3.05, 3.63) is 0 Å². The van der Waals surface area contributed by atoms with Gasteiger partial charge in [-0.2, -0.15) is 0 Å². The third kappa shape index (κ3) is 7.86. The molecule has 2 N–H and O–H groups in total. The van der Waals surface area contributed by atoms with Crippen LogP contribution < -0.4 is 10.6 Å². The van der Waals surface area contributed by atoms with Crippen LogP contribution in [0.5, 0.6) is 0 Å². The van der Waals surface area contributed by atoms with E-state index in [9.17, 15) is 4.79 Å². The smallest absolute Gasteiger partial charge is 0.410 e. The molecule has 0 bridgehead atoms. The van der Waals surface area contributed by atoms with E-state index in [2.05, 4.69) is 15.6 Å². The Labute approximate surface area is 146 Å². The monoisotopic (exact) mass is 342 g/mol. The van der Waals surface area contributed by atoms with Gasteiger partial charge >= 0.3 is 6.09 Å². The quantitative estimate of drug-likeness (QED) is 0.589. The number of nitrogens with zero attached hydrogens (tertiary/aromatic N) is 2. The summed E-state index contributed by atoms with van der Waals surface area (Å²) in [6.07, 6.45) is 1.87. The standard InChI is InChI=1S/C17H34N4O3/c1-13(12-23-6)20-15(18-5)19-10-14-8-7-9-21(11-14)16(22)24-17(2,3)4/h13-14H,7-12H2,1-6H3,(H2,18,19,20). The van der Waals surface area contributed by atoms with Gasteiger partial charge in [-0.15, -0.1) is 0 Å². The highest BCUT2D eigenvalue weighted by Gasteiger charge is 2.27. The molecule has 0 aliphatic carbocycles. The zero-order chi connectivity index (χ0) is 18.2. The van der Waals surface area contributed by atoms with Crippen LogP contribution in [0.3, 0.4) is 0 Å². The van der Waals surface area contributed by atoms with Gasteiger partial charge in [0, 0.05) is 39.8 Å². The summed E-state index contributed by atoms with van der Waals surface area (Å²) in [5.74, 6) is 1.15. The molecule has 0 aromatic heterocycles. The van der Waals surface area contributed by atoms with E-state index >= 15 is 0 Å². The predicted octanol–water partition coefficient (Wildman–Crippen LogP) is 1.83. The Kier molecular flexibility index (Phi) is 8.31. The minimum absolute atomic E-state index is 0.186. The molecule has 0 radical (unpaired) electrons. The van der Waals surface area contributed by atoms with Crippen molar-refractivity contribution in [1.82, 2.24) is 15.5 Å². The summed E-state index contributed by atoms with van der Waals surface area (Å²) in [5, 5.41) is 6.62. The van der Waals surface area contributed by atoms with E-state index in [-0.39, 0.29) is 12.1 Å². The highest BCUT2D eigenvalue weighted by molar-refractivity contribution is 5.79. The van der Waals surface area contributed by atoms with Crippen LogP contribution in [0.15, 0.2) is 4.99 Å². The van der Waals surface area contributed by atoms with Crippen molar-refractivity contribution in [2.45, 2.75) is 52.2 Å². The van der Waals surface area contributed by atoms with Gasteiger partial charge < -0.3 is 25.0 Å². The summed E-state index contributed by atoms with van der Waals surface area (Å²) in [4.78, 5) is 18.2. The minimum atomic E-state index is -0.453. The van der Waals surface area contributed by atoms with Crippen LogP contribution in [-0.2, 0) is 9.47 Å². The summed E-state index contributed by atoms with van der Waals surface area (Å²) in [7, 11) is 3.43. The van der Waals surface area contributed by atoms with Crippen molar-refractivity contribution in [3.63, 3.8) is 0 Å². The molecule has 2 atom stereocenters. The Morgan fingerprint density at radius 2 is 2.12 bits per heavy atom. The van der Waals surface area contributed by atoms with E-state index in [1.54, 1.807) is 14.2 Å². The molecule has 140 valence electrons. The third-order valence-electron chi connectivity index (χ3n) is 3.75. The number of piperidine rings is 1. The number of methoxy groups -OCH3 is 1. The van der Waals surface area contributed by atoms with Crippen molar-refractivity contribution in [3.8, 4) is 0 Å². The van der Waals surface area contributed by atoms with E-state index in [0.717, 1.165) is 31.9 Å². The first-order valence-corrected chi connectivity index (χ1v) is 8.69. The third-order valence-corrected chi connectivity index (χ3v) is 3.75. The molecule has 7 heteroatoms. The van der Waals surface area contributed by atoms with Gasteiger partial charge in [0.05, 0.1) is 6.61 Å². The van der Waals surface area contributed by atoms with E-state index in [4.69, 9.17) is 9.47 Å². The van der Waals surface area contributed by atoms with E-state index in [1.165, 1.54) is 0 Å². The molecule has 0 saturated carbocycles. The molecule has 1 rings (SSSR count). The van der Waals surface area contributed by atoms with Crippen molar-refractivity contribution >= 4 is 12.1 Å². The van der Waals surface area contributed by atoms with Crippen LogP contribution in [0.4, 0.5) is 4.79 Å². The zero-order valence-electron chi connectivity index (χ0n) is 16.0. The number of hydrogen-bond donors (Lipinski definition) is 2. The normalized spacial score (nSPS) is 20.5. The first-order valence-electron chi connectivity index (χ1n) is 8.69. The van der Waals surface area contributed by atoms with Crippen LogP contribution in [0, 0.1) is 5.92 Å². The van der Waals surface area contributed by atoms with Crippen molar-refractivity contribution < 1.29 is 14.3 Å². The van der Waals surface area contributed by atoms with Crippen LogP contribution in [0.2, 0.25) is 0 Å². The second-order valence-electron chi connectivity index (χ2n) is 7.39. The topological polar surface area (TPSA) is 75.2 Å². The van der Waals surface area contributed by atoms with Gasteiger partial charge in [-0.1, -0.05) is 0 Å². The van der Waals surface area contributed by atoms with Gasteiger partial charge in [0.25, 0.3) is 0 Å². The predicted molar refractivity (Wildman–Crippen MR) is 96.4 cm³/mol. The summed E-state index contributed by atoms with van der Waals surface area (Å²) in [6, 6.07) is 0.186. The number of nitrogens with one attached hydrogen (secondary N) is 2. The molecular weight excluding hydrogens is 308 g/mol. The fourth-order valence-electron chi connectivity index (χ4n) is 2.68. The SMILES string of the molecule is CN=C(NCC1CCCN(C(=O)OC(C)(C)C)C1)NC(C)COC. The highest BCUT2D eigenvalue weighted by atomic mass is 16.6. The number of ether oxygens (including phenoxy) is 2. The number of carbonyl (C=O) groups excluding carboxylic acids is 1. The van der Waals surface area contributed by atoms with Crippen molar-refractivity contribution in [1.29, 1.82) is 0 Å². The Morgan fingerprint density at radius 1 is 1.42 bits per heavy atom. The second-order valence-corrected chi connectivity index (χ2v) is 7.39. The fraction of sp³-hybridized carbons (Fsp3) is 0.882. The summed E-state index contributed by atoms with van der Waals surface area (Å²) < 4.78 is 10.6. The molecule has 1 heterocycles. The average molecular weight is 342 g/mol. The van der Waals surface area contributed by atoms with Crippen molar-refractivity contribution in [2.75, 3.05) is 40.4 Å². The number of rotatable bonds is 5. The Balaban J connectivity index is 2.43. The molecule has 1 aliphatic rings. The van der Waals surface area contributed by atoms with Crippen LogP contribution in [-0.4, -0.2) is 69.0 Å². The first kappa shape index (κ1) is 20.5. The van der Waals surface area contributed by atoms with E-state index in [0.29, 0.717) is 19.1 Å². The molecule has 1 aliphatic heterocycles. The van der Waals surface area contributed by atoms with Crippen LogP contribution in [0.25, 0.3) is 0 Å². The van der Waals surface area contributed by atoms with Gasteiger partial charge in [-0.3, -0.25) is 4.99 Å². The Hall–Kier alpha value is -1.50. The molecule has 2 unspecified atom stereocenters. The van der Waals surface area contributed by atoms with Gasteiger partial charge in [0.1, 0.15) is 5.60 Å². The van der Waals surface area contributed by atoms with Crippen molar-refractivity contribution in [2.24, 2.45) is 10.9 Å². The van der Waals surface area contributed by atoms with Crippen LogP contribution >= 0.6 is 0 Å². The molecule has 0 aromatic rings. The van der Waals surface area contributed by atoms with Gasteiger partial charge in [-0.05, 0) is 46.5 Å². The first-order chi connectivity index (χ1) is 11.2. The maximum atomic E-state index is 12.2. The summed E-state index contributed by atoms with van der Waals surface area (Å²) in [6.45, 7) is 10.6. The fourth-order valence-corrected chi connectivity index (χ4v) is 2.68. The summed E-state index contributed by atoms with van der Waals surface area (Å²) >= 11 is 0. The number of hydrogen-bond acceptors (Lipinski definition) is 4. The lowest BCUT2D eigenvalue weighted by atomic mass is 9.98. The number of carbonyl (C=O) groups is 1. The lowest BCUT2D eigenvalue weighted by Gasteiger charge is -2.34. The molecule has 1 saturated heterocycles. The molecule has 1 amide bonds. The molecule has 0 aromatic carbocycles. The second kappa shape index (κ2) is 9.71. The summed E-state index contributed by atoms with van der Waals surface area (Å²) in [5.41, 5.74) is -0.453. The molecule has 0 spiro atoms. The lowest BCUT2D eigenvalue weighted by molar-refractivity contribution is 0.0168. The van der Waals surface area contributed by atoms with Gasteiger partial charge in [0.2, 0.25) is 0 Å². The zero-order valence-corrected chi connectivity index (χ0v) is 16.0. The van der Waals surface area contributed by atoms with E-state index < -0.39 is 5.60 Å². The lowest BCUT2D eigenvalue weighted by Crippen LogP contribution is -2.48. The largest absolute Gasteiger partial charge is 0.444 e. The highest BCUT2D eigenvalue weighted by Crippen LogP contribution is 2.18. The maximum Gasteiger partial charge on any atom is 0.410 e. The van der Waals surface area contributed by atoms with E-state index in [1.807, 2.05) is 32.6 Å². The number of guanidine groups is 1. The average Bonchev–Trinajstić information content (AvgIpc) is 2.50.